The number of halogens is 1. The maximum atomic E-state index is 6.46. The normalized spacial score (nSPS) is 13.4. The Balaban J connectivity index is 1.67. The number of fused-ring (bicyclic) bond motifs is 1. The first-order valence-corrected chi connectivity index (χ1v) is 9.43. The van der Waals surface area contributed by atoms with Crippen molar-refractivity contribution in [3.63, 3.8) is 0 Å². The number of hydrogen-bond donors (Lipinski definition) is 1. The Morgan fingerprint density at radius 3 is 2.74 bits per heavy atom. The third kappa shape index (κ3) is 3.47. The van der Waals surface area contributed by atoms with Gasteiger partial charge in [-0.05, 0) is 42.7 Å². The van der Waals surface area contributed by atoms with Gasteiger partial charge in [-0.3, -0.25) is 4.98 Å². The minimum absolute atomic E-state index is 0.621. The van der Waals surface area contributed by atoms with Crippen LogP contribution in [-0.2, 0) is 13.0 Å². The number of nitrogens with one attached hydrogen (secondary N) is 1. The van der Waals surface area contributed by atoms with E-state index in [2.05, 4.69) is 44.2 Å². The average molecular weight is 380 g/mol. The highest BCUT2D eigenvalue weighted by Gasteiger charge is 2.20. The summed E-state index contributed by atoms with van der Waals surface area (Å²) in [5, 5.41) is 3.72. The molecule has 1 aliphatic rings. The monoisotopic (exact) mass is 379 g/mol. The molecule has 0 fully saturated rings. The van der Waals surface area contributed by atoms with Crippen LogP contribution in [0, 0.1) is 13.8 Å². The van der Waals surface area contributed by atoms with Crippen LogP contribution in [0.5, 0.6) is 0 Å². The highest BCUT2D eigenvalue weighted by Crippen LogP contribution is 2.32. The van der Waals surface area contributed by atoms with Crippen molar-refractivity contribution in [1.82, 2.24) is 15.0 Å². The van der Waals surface area contributed by atoms with Crippen LogP contribution in [0.4, 0.5) is 11.6 Å². The second-order valence-electron chi connectivity index (χ2n) is 6.92. The molecule has 6 heteroatoms. The smallest absolute Gasteiger partial charge is 0.129 e. The third-order valence-electron chi connectivity index (χ3n) is 4.94. The maximum absolute atomic E-state index is 6.46. The summed E-state index contributed by atoms with van der Waals surface area (Å²) in [6.45, 7) is 5.78. The fraction of sp³-hybridized carbons (Fsp3) is 0.286. The topological polar surface area (TPSA) is 53.9 Å². The Morgan fingerprint density at radius 1 is 1.11 bits per heavy atom. The molecule has 3 aromatic heterocycles. The average Bonchev–Trinajstić information content (AvgIpc) is 2.68. The lowest BCUT2D eigenvalue weighted by atomic mass is 10.0. The minimum atomic E-state index is 0.621. The number of hydrogen-bond acceptors (Lipinski definition) is 5. The van der Waals surface area contributed by atoms with Gasteiger partial charge in [0.25, 0.3) is 0 Å². The molecule has 4 heterocycles. The Labute approximate surface area is 164 Å². The van der Waals surface area contributed by atoms with E-state index in [0.29, 0.717) is 5.02 Å². The Morgan fingerprint density at radius 2 is 1.96 bits per heavy atom. The molecule has 0 bridgehead atoms. The Bertz CT molecular complexity index is 1000. The summed E-state index contributed by atoms with van der Waals surface area (Å²) in [4.78, 5) is 16.1. The molecule has 5 nitrogen and oxygen atoms in total. The van der Waals surface area contributed by atoms with E-state index in [1.165, 1.54) is 5.56 Å². The lowest BCUT2D eigenvalue weighted by Crippen LogP contribution is -2.31. The van der Waals surface area contributed by atoms with Crippen LogP contribution in [0.25, 0.3) is 11.3 Å². The zero-order valence-corrected chi connectivity index (χ0v) is 16.5. The molecule has 0 aromatic carbocycles. The standard InChI is InChI=1S/C21H22ClN5/c1-13-8-14(2)21(25-10-13)16-9-20(24-11-17(16)22)27-7-6-18-15(12-27)4-5-19(23-3)26-18/h4-5,8-11H,6-7,12H2,1-3H3,(H,23,26). The molecule has 0 aliphatic carbocycles. The molecule has 0 radical (unpaired) electrons. The molecule has 3 aromatic rings. The largest absolute Gasteiger partial charge is 0.373 e. The molecule has 138 valence electrons. The van der Waals surface area contributed by atoms with Crippen LogP contribution in [-0.4, -0.2) is 28.5 Å². The molecule has 0 saturated heterocycles. The van der Waals surface area contributed by atoms with E-state index in [9.17, 15) is 0 Å². The van der Waals surface area contributed by atoms with Crippen molar-refractivity contribution in [2.24, 2.45) is 0 Å². The van der Waals surface area contributed by atoms with Gasteiger partial charge in [0, 0.05) is 50.2 Å². The van der Waals surface area contributed by atoms with Gasteiger partial charge in [-0.1, -0.05) is 23.7 Å². The van der Waals surface area contributed by atoms with Crippen molar-refractivity contribution in [2.45, 2.75) is 26.8 Å². The van der Waals surface area contributed by atoms with E-state index in [1.54, 1.807) is 6.20 Å². The SMILES string of the molecule is CNc1ccc2c(n1)CCN(c1cc(-c3ncc(C)cc3C)c(Cl)cn1)C2. The molecule has 1 N–H and O–H groups in total. The van der Waals surface area contributed by atoms with Crippen LogP contribution in [0.15, 0.2) is 36.7 Å². The summed E-state index contributed by atoms with van der Waals surface area (Å²) in [5.41, 5.74) is 6.48. The fourth-order valence-electron chi connectivity index (χ4n) is 3.53. The Kier molecular flexibility index (Phi) is 4.70. The second kappa shape index (κ2) is 7.16. The highest BCUT2D eigenvalue weighted by atomic mass is 35.5. The quantitative estimate of drug-likeness (QED) is 0.730. The first-order valence-electron chi connectivity index (χ1n) is 9.06. The molecule has 4 rings (SSSR count). The van der Waals surface area contributed by atoms with Crippen LogP contribution in [0.3, 0.4) is 0 Å². The lowest BCUT2D eigenvalue weighted by molar-refractivity contribution is 0.704. The van der Waals surface area contributed by atoms with E-state index in [0.717, 1.165) is 59.2 Å². The van der Waals surface area contributed by atoms with Crippen molar-refractivity contribution >= 4 is 23.2 Å². The van der Waals surface area contributed by atoms with Crippen LogP contribution in [0.2, 0.25) is 5.02 Å². The van der Waals surface area contributed by atoms with E-state index >= 15 is 0 Å². The second-order valence-corrected chi connectivity index (χ2v) is 7.33. The van der Waals surface area contributed by atoms with Crippen molar-refractivity contribution in [3.05, 3.63) is 64.1 Å². The molecular formula is C21H22ClN5. The molecule has 0 unspecified atom stereocenters. The number of nitrogens with zero attached hydrogens (tertiary/aromatic N) is 4. The summed E-state index contributed by atoms with van der Waals surface area (Å²) >= 11 is 6.46. The van der Waals surface area contributed by atoms with E-state index < -0.39 is 0 Å². The molecule has 0 saturated carbocycles. The summed E-state index contributed by atoms with van der Waals surface area (Å²) in [5.74, 6) is 1.83. The zero-order chi connectivity index (χ0) is 19.0. The van der Waals surface area contributed by atoms with Crippen molar-refractivity contribution in [2.75, 3.05) is 23.8 Å². The predicted molar refractivity (Wildman–Crippen MR) is 110 cm³/mol. The fourth-order valence-corrected chi connectivity index (χ4v) is 3.72. The van der Waals surface area contributed by atoms with Gasteiger partial charge in [-0.15, -0.1) is 0 Å². The van der Waals surface area contributed by atoms with E-state index in [4.69, 9.17) is 11.6 Å². The van der Waals surface area contributed by atoms with Crippen molar-refractivity contribution in [3.8, 4) is 11.3 Å². The molecule has 0 atom stereocenters. The van der Waals surface area contributed by atoms with Gasteiger partial charge in [-0.25, -0.2) is 9.97 Å². The molecule has 27 heavy (non-hydrogen) atoms. The van der Waals surface area contributed by atoms with Gasteiger partial charge in [0.1, 0.15) is 11.6 Å². The van der Waals surface area contributed by atoms with Crippen LogP contribution >= 0.6 is 11.6 Å². The van der Waals surface area contributed by atoms with E-state index in [1.807, 2.05) is 32.3 Å². The molecule has 0 amide bonds. The minimum Gasteiger partial charge on any atom is -0.373 e. The lowest BCUT2D eigenvalue weighted by Gasteiger charge is -2.29. The number of pyridine rings is 3. The maximum Gasteiger partial charge on any atom is 0.129 e. The number of aryl methyl sites for hydroxylation is 2. The summed E-state index contributed by atoms with van der Waals surface area (Å²) in [6.07, 6.45) is 4.50. The summed E-state index contributed by atoms with van der Waals surface area (Å²) in [7, 11) is 1.89. The van der Waals surface area contributed by atoms with Gasteiger partial charge in [0.15, 0.2) is 0 Å². The zero-order valence-electron chi connectivity index (χ0n) is 15.8. The van der Waals surface area contributed by atoms with Gasteiger partial charge in [0.05, 0.1) is 10.7 Å². The predicted octanol–water partition coefficient (Wildman–Crippen LogP) is 4.41. The van der Waals surface area contributed by atoms with Crippen molar-refractivity contribution < 1.29 is 0 Å². The van der Waals surface area contributed by atoms with Gasteiger partial charge >= 0.3 is 0 Å². The summed E-state index contributed by atoms with van der Waals surface area (Å²) < 4.78 is 0. The van der Waals surface area contributed by atoms with E-state index in [-0.39, 0.29) is 0 Å². The summed E-state index contributed by atoms with van der Waals surface area (Å²) in [6, 6.07) is 8.33. The number of rotatable bonds is 3. The van der Waals surface area contributed by atoms with Crippen molar-refractivity contribution in [1.29, 1.82) is 0 Å². The van der Waals surface area contributed by atoms with Gasteiger partial charge in [-0.2, -0.15) is 0 Å². The van der Waals surface area contributed by atoms with Crippen LogP contribution < -0.4 is 10.2 Å². The Hall–Kier alpha value is -2.66. The molecule has 0 spiro atoms. The first-order chi connectivity index (χ1) is 13.0. The van der Waals surface area contributed by atoms with Crippen LogP contribution in [0.1, 0.15) is 22.4 Å². The highest BCUT2D eigenvalue weighted by molar-refractivity contribution is 6.33. The number of aromatic nitrogens is 3. The molecule has 1 aliphatic heterocycles. The van der Waals surface area contributed by atoms with Gasteiger partial charge in [0.2, 0.25) is 0 Å². The molecular weight excluding hydrogens is 358 g/mol. The van der Waals surface area contributed by atoms with Gasteiger partial charge < -0.3 is 10.2 Å². The first kappa shape index (κ1) is 17.7. The number of anilines is 2. The third-order valence-corrected chi connectivity index (χ3v) is 5.24.